The van der Waals surface area contributed by atoms with Crippen LogP contribution in [0.5, 0.6) is 0 Å². The van der Waals surface area contributed by atoms with E-state index in [1.54, 1.807) is 0 Å². The zero-order chi connectivity index (χ0) is 18.7. The quantitative estimate of drug-likeness (QED) is 0.786. The summed E-state index contributed by atoms with van der Waals surface area (Å²) in [4.78, 5) is 24.9. The van der Waals surface area contributed by atoms with Gasteiger partial charge in [-0.25, -0.2) is 13.2 Å². The minimum atomic E-state index is -1.70. The Morgan fingerprint density at radius 2 is 1.72 bits per heavy atom. The first-order valence-electron chi connectivity index (χ1n) is 6.87. The second-order valence-corrected chi connectivity index (χ2v) is 5.79. The van der Waals surface area contributed by atoms with E-state index in [1.807, 2.05) is 0 Å². The third-order valence-corrected chi connectivity index (χ3v) is 3.94. The molecule has 1 N–H and O–H groups in total. The molecule has 0 aliphatic carbocycles. The van der Waals surface area contributed by atoms with Crippen molar-refractivity contribution in [3.05, 3.63) is 57.8 Å². The first-order valence-corrected chi connectivity index (χ1v) is 7.62. The Kier molecular flexibility index (Phi) is 5.92. The van der Waals surface area contributed by atoms with Gasteiger partial charge >= 0.3 is 0 Å². The molecule has 132 valence electrons. The Hall–Kier alpha value is -2.25. The van der Waals surface area contributed by atoms with Crippen molar-refractivity contribution in [1.82, 2.24) is 0 Å². The van der Waals surface area contributed by atoms with Crippen LogP contribution in [0.2, 0.25) is 10.0 Å². The van der Waals surface area contributed by atoms with Crippen LogP contribution >= 0.6 is 23.2 Å². The molecule has 0 aliphatic rings. The predicted molar refractivity (Wildman–Crippen MR) is 89.4 cm³/mol. The Morgan fingerprint density at radius 1 is 1.04 bits per heavy atom. The van der Waals surface area contributed by atoms with Crippen LogP contribution in [0.4, 0.5) is 24.5 Å². The van der Waals surface area contributed by atoms with Crippen molar-refractivity contribution in [2.75, 3.05) is 16.8 Å². The van der Waals surface area contributed by atoms with E-state index in [0.29, 0.717) is 11.8 Å². The number of carbonyl (C=O) groups is 2. The number of carbonyl (C=O) groups excluding carboxylic acids is 2. The van der Waals surface area contributed by atoms with Crippen LogP contribution in [0.25, 0.3) is 0 Å². The van der Waals surface area contributed by atoms with Crippen molar-refractivity contribution in [2.45, 2.75) is 6.92 Å². The molecule has 0 saturated heterocycles. The van der Waals surface area contributed by atoms with E-state index in [1.165, 1.54) is 25.1 Å². The van der Waals surface area contributed by atoms with Crippen LogP contribution in [-0.4, -0.2) is 18.4 Å². The Bertz CT molecular complexity index is 846. The normalized spacial score (nSPS) is 10.5. The zero-order valence-electron chi connectivity index (χ0n) is 12.7. The molecule has 0 spiro atoms. The van der Waals surface area contributed by atoms with E-state index in [4.69, 9.17) is 23.2 Å². The fourth-order valence-electron chi connectivity index (χ4n) is 1.99. The minimum absolute atomic E-state index is 0.178. The molecule has 2 rings (SSSR count). The zero-order valence-corrected chi connectivity index (χ0v) is 14.3. The van der Waals surface area contributed by atoms with Gasteiger partial charge in [0, 0.05) is 12.6 Å². The van der Waals surface area contributed by atoms with Gasteiger partial charge in [0.05, 0.1) is 15.7 Å². The molecule has 0 unspecified atom stereocenters. The molecule has 0 radical (unpaired) electrons. The van der Waals surface area contributed by atoms with Crippen molar-refractivity contribution in [2.24, 2.45) is 0 Å². The average Bonchev–Trinajstić information content (AvgIpc) is 2.55. The van der Waals surface area contributed by atoms with Crippen LogP contribution in [-0.2, 0) is 9.59 Å². The molecule has 25 heavy (non-hydrogen) atoms. The molecule has 0 aromatic heterocycles. The van der Waals surface area contributed by atoms with Gasteiger partial charge in [-0.3, -0.25) is 9.59 Å². The first-order chi connectivity index (χ1) is 11.7. The van der Waals surface area contributed by atoms with Gasteiger partial charge in [-0.05, 0) is 30.3 Å². The number of amides is 2. The summed E-state index contributed by atoms with van der Waals surface area (Å²) in [6.45, 7) is 0.722. The number of halogens is 5. The SMILES string of the molecule is CC(=O)N(CC(=O)Nc1ccc(F)c(F)c1F)c1ccc(Cl)c(Cl)c1. The number of nitrogens with one attached hydrogen (secondary N) is 1. The molecule has 2 aromatic rings. The third-order valence-electron chi connectivity index (χ3n) is 3.21. The maximum Gasteiger partial charge on any atom is 0.244 e. The fraction of sp³-hybridized carbons (Fsp3) is 0.125. The van der Waals surface area contributed by atoms with Gasteiger partial charge < -0.3 is 10.2 Å². The molecule has 0 fully saturated rings. The van der Waals surface area contributed by atoms with Crippen molar-refractivity contribution in [3.8, 4) is 0 Å². The number of rotatable bonds is 4. The van der Waals surface area contributed by atoms with E-state index < -0.39 is 41.5 Å². The van der Waals surface area contributed by atoms with Gasteiger partial charge in [0.25, 0.3) is 0 Å². The molecule has 0 aliphatic heterocycles. The standard InChI is InChI=1S/C16H11Cl2F3N2O2/c1-8(24)23(9-2-3-10(17)11(18)6-9)7-14(25)22-13-5-4-12(19)15(20)16(13)21/h2-6H,7H2,1H3,(H,22,25). The van der Waals surface area contributed by atoms with E-state index >= 15 is 0 Å². The summed E-state index contributed by atoms with van der Waals surface area (Å²) in [7, 11) is 0. The number of nitrogens with zero attached hydrogens (tertiary/aromatic N) is 1. The monoisotopic (exact) mass is 390 g/mol. The van der Waals surface area contributed by atoms with E-state index in [2.05, 4.69) is 5.32 Å². The molecule has 4 nitrogen and oxygen atoms in total. The topological polar surface area (TPSA) is 49.4 Å². The Labute approximate surface area is 151 Å². The van der Waals surface area contributed by atoms with Crippen molar-refractivity contribution < 1.29 is 22.8 Å². The molecule has 0 saturated carbocycles. The van der Waals surface area contributed by atoms with Crippen molar-refractivity contribution in [3.63, 3.8) is 0 Å². The largest absolute Gasteiger partial charge is 0.322 e. The maximum atomic E-state index is 13.6. The molecule has 0 bridgehead atoms. The van der Waals surface area contributed by atoms with Gasteiger partial charge in [0.2, 0.25) is 11.8 Å². The van der Waals surface area contributed by atoms with Crippen LogP contribution in [0.3, 0.4) is 0 Å². The van der Waals surface area contributed by atoms with Gasteiger partial charge in [0.1, 0.15) is 6.54 Å². The summed E-state index contributed by atoms with van der Waals surface area (Å²) < 4.78 is 39.7. The summed E-state index contributed by atoms with van der Waals surface area (Å²) >= 11 is 11.7. The second-order valence-electron chi connectivity index (χ2n) is 4.97. The molecule has 2 aromatic carbocycles. The molecule has 9 heteroatoms. The summed E-state index contributed by atoms with van der Waals surface area (Å²) in [6.07, 6.45) is 0. The maximum absolute atomic E-state index is 13.6. The average molecular weight is 391 g/mol. The fourth-order valence-corrected chi connectivity index (χ4v) is 2.29. The molecule has 2 amide bonds. The number of hydrogen-bond acceptors (Lipinski definition) is 2. The number of benzene rings is 2. The highest BCUT2D eigenvalue weighted by molar-refractivity contribution is 6.42. The highest BCUT2D eigenvalue weighted by Crippen LogP contribution is 2.27. The second kappa shape index (κ2) is 7.76. The van der Waals surface area contributed by atoms with Crippen molar-refractivity contribution >= 4 is 46.4 Å². The summed E-state index contributed by atoms with van der Waals surface area (Å²) in [6, 6.07) is 5.86. The van der Waals surface area contributed by atoms with Crippen LogP contribution in [0.15, 0.2) is 30.3 Å². The van der Waals surface area contributed by atoms with E-state index in [0.717, 1.165) is 11.0 Å². The van der Waals surface area contributed by atoms with E-state index in [9.17, 15) is 22.8 Å². The van der Waals surface area contributed by atoms with Crippen LogP contribution in [0.1, 0.15) is 6.92 Å². The van der Waals surface area contributed by atoms with Gasteiger partial charge in [-0.15, -0.1) is 0 Å². The Balaban J connectivity index is 2.20. The van der Waals surface area contributed by atoms with Gasteiger partial charge in [0.15, 0.2) is 17.5 Å². The van der Waals surface area contributed by atoms with Gasteiger partial charge in [-0.1, -0.05) is 23.2 Å². The van der Waals surface area contributed by atoms with Crippen molar-refractivity contribution in [1.29, 1.82) is 0 Å². The van der Waals surface area contributed by atoms with E-state index in [-0.39, 0.29) is 10.0 Å². The lowest BCUT2D eigenvalue weighted by atomic mass is 10.2. The summed E-state index contributed by atoms with van der Waals surface area (Å²) in [5.41, 5.74) is -0.246. The molecule has 0 atom stereocenters. The number of anilines is 2. The highest BCUT2D eigenvalue weighted by atomic mass is 35.5. The third kappa shape index (κ3) is 4.43. The summed E-state index contributed by atoms with van der Waals surface area (Å²) in [5.74, 6) is -5.91. The Morgan fingerprint density at radius 3 is 2.32 bits per heavy atom. The molecule has 0 heterocycles. The summed E-state index contributed by atoms with van der Waals surface area (Å²) in [5, 5.41) is 2.53. The van der Waals surface area contributed by atoms with Crippen LogP contribution in [0, 0.1) is 17.5 Å². The smallest absolute Gasteiger partial charge is 0.244 e. The van der Waals surface area contributed by atoms with Crippen LogP contribution < -0.4 is 10.2 Å². The van der Waals surface area contributed by atoms with Gasteiger partial charge in [-0.2, -0.15) is 0 Å². The first kappa shape index (κ1) is 19.1. The lowest BCUT2D eigenvalue weighted by Gasteiger charge is -2.21. The minimum Gasteiger partial charge on any atom is -0.322 e. The predicted octanol–water partition coefficient (Wildman–Crippen LogP) is 4.40. The number of hydrogen-bond donors (Lipinski definition) is 1. The lowest BCUT2D eigenvalue weighted by molar-refractivity contribution is -0.120. The lowest BCUT2D eigenvalue weighted by Crippen LogP contribution is -2.36. The molecular weight excluding hydrogens is 380 g/mol. The highest BCUT2D eigenvalue weighted by Gasteiger charge is 2.19. The molecular formula is C16H11Cl2F3N2O2.